The molecule has 2 aromatic rings. The molecule has 3 heterocycles. The molecule has 2 aromatic heterocycles. The van der Waals surface area contributed by atoms with Gasteiger partial charge in [0.25, 0.3) is 0 Å². The molecule has 92 valence electrons. The normalized spacial score (nSPS) is 18.0. The highest BCUT2D eigenvalue weighted by molar-refractivity contribution is 9.10. The fourth-order valence-corrected chi connectivity index (χ4v) is 4.28. The largest absolute Gasteiger partial charge is 0.381 e. The van der Waals surface area contributed by atoms with E-state index in [1.807, 2.05) is 0 Å². The van der Waals surface area contributed by atoms with Gasteiger partial charge in [-0.25, -0.2) is 4.98 Å². The van der Waals surface area contributed by atoms with E-state index in [0.717, 1.165) is 42.0 Å². The number of ether oxygens (including phenoxy) is 1. The molecule has 1 aliphatic heterocycles. The molecule has 0 bridgehead atoms. The number of halogens is 1. The summed E-state index contributed by atoms with van der Waals surface area (Å²) in [5, 5.41) is 2.20. The van der Waals surface area contributed by atoms with E-state index in [9.17, 15) is 0 Å². The molecule has 1 fully saturated rings. The van der Waals surface area contributed by atoms with Crippen LogP contribution in [0.1, 0.15) is 37.1 Å². The third kappa shape index (κ3) is 1.94. The van der Waals surface area contributed by atoms with Gasteiger partial charge in [0.05, 0.1) is 5.69 Å². The van der Waals surface area contributed by atoms with Crippen LogP contribution in [0.3, 0.4) is 0 Å². The second kappa shape index (κ2) is 4.71. The van der Waals surface area contributed by atoms with E-state index in [0.29, 0.717) is 5.92 Å². The molecule has 5 heteroatoms. The fraction of sp³-hybridized carbons (Fsp3) is 0.583. The standard InChI is InChI=1S/C12H15BrN2OS/c1-2-9-7-17-12-14-10(11(13)15(9)12)8-3-5-16-6-4-8/h7-8H,2-6H2,1H3. The molecule has 0 atom stereocenters. The van der Waals surface area contributed by atoms with Gasteiger partial charge in [0.2, 0.25) is 0 Å². The molecule has 0 spiro atoms. The van der Waals surface area contributed by atoms with Gasteiger partial charge in [-0.15, -0.1) is 11.3 Å². The van der Waals surface area contributed by atoms with Gasteiger partial charge in [-0.1, -0.05) is 6.92 Å². The number of rotatable bonds is 2. The number of nitrogens with zero attached hydrogens (tertiary/aromatic N) is 2. The van der Waals surface area contributed by atoms with Gasteiger partial charge in [-0.05, 0) is 35.2 Å². The summed E-state index contributed by atoms with van der Waals surface area (Å²) in [6.45, 7) is 3.91. The molecular formula is C12H15BrN2OS. The molecule has 0 N–H and O–H groups in total. The maximum atomic E-state index is 5.41. The van der Waals surface area contributed by atoms with E-state index in [1.165, 1.54) is 11.4 Å². The molecule has 0 radical (unpaired) electrons. The summed E-state index contributed by atoms with van der Waals surface area (Å²) >= 11 is 5.45. The highest BCUT2D eigenvalue weighted by atomic mass is 79.9. The molecular weight excluding hydrogens is 300 g/mol. The first-order chi connectivity index (χ1) is 8.31. The average molecular weight is 315 g/mol. The van der Waals surface area contributed by atoms with Crippen molar-refractivity contribution in [2.45, 2.75) is 32.1 Å². The summed E-state index contributed by atoms with van der Waals surface area (Å²) in [6.07, 6.45) is 3.22. The molecule has 17 heavy (non-hydrogen) atoms. The maximum Gasteiger partial charge on any atom is 0.195 e. The molecule has 3 rings (SSSR count). The van der Waals surface area contributed by atoms with Crippen LogP contribution in [0, 0.1) is 0 Å². The second-order valence-corrected chi connectivity index (χ2v) is 5.96. The van der Waals surface area contributed by atoms with Gasteiger partial charge in [0, 0.05) is 30.2 Å². The molecule has 0 amide bonds. The molecule has 3 nitrogen and oxygen atoms in total. The van der Waals surface area contributed by atoms with Gasteiger partial charge >= 0.3 is 0 Å². The van der Waals surface area contributed by atoms with E-state index >= 15 is 0 Å². The van der Waals surface area contributed by atoms with Crippen molar-refractivity contribution in [2.75, 3.05) is 13.2 Å². The lowest BCUT2D eigenvalue weighted by Crippen LogP contribution is -2.14. The van der Waals surface area contributed by atoms with Crippen LogP contribution in [0.15, 0.2) is 9.98 Å². The van der Waals surface area contributed by atoms with E-state index in [2.05, 4.69) is 32.6 Å². The van der Waals surface area contributed by atoms with Gasteiger partial charge in [0.15, 0.2) is 4.96 Å². The predicted molar refractivity (Wildman–Crippen MR) is 72.9 cm³/mol. The minimum Gasteiger partial charge on any atom is -0.381 e. The topological polar surface area (TPSA) is 26.5 Å². The Kier molecular flexibility index (Phi) is 3.23. The van der Waals surface area contributed by atoms with Crippen molar-refractivity contribution >= 4 is 32.2 Å². The van der Waals surface area contributed by atoms with Gasteiger partial charge in [-0.3, -0.25) is 4.40 Å². The van der Waals surface area contributed by atoms with Crippen LogP contribution in [0.4, 0.5) is 0 Å². The summed E-state index contributed by atoms with van der Waals surface area (Å²) < 4.78 is 8.81. The lowest BCUT2D eigenvalue weighted by Gasteiger charge is -2.20. The zero-order valence-electron chi connectivity index (χ0n) is 9.78. The Hall–Kier alpha value is -0.390. The summed E-state index contributed by atoms with van der Waals surface area (Å²) in [6, 6.07) is 0. The number of aromatic nitrogens is 2. The lowest BCUT2D eigenvalue weighted by molar-refractivity contribution is 0.0844. The van der Waals surface area contributed by atoms with E-state index in [4.69, 9.17) is 9.72 Å². The van der Waals surface area contributed by atoms with Crippen molar-refractivity contribution in [3.63, 3.8) is 0 Å². The minimum atomic E-state index is 0.551. The minimum absolute atomic E-state index is 0.551. The van der Waals surface area contributed by atoms with Crippen LogP contribution in [-0.2, 0) is 11.2 Å². The molecule has 0 saturated carbocycles. The summed E-state index contributed by atoms with van der Waals surface area (Å²) in [4.78, 5) is 5.89. The van der Waals surface area contributed by atoms with Crippen LogP contribution >= 0.6 is 27.3 Å². The monoisotopic (exact) mass is 314 g/mol. The smallest absolute Gasteiger partial charge is 0.195 e. The Balaban J connectivity index is 2.04. The van der Waals surface area contributed by atoms with Gasteiger partial charge < -0.3 is 4.74 Å². The number of fused-ring (bicyclic) bond motifs is 1. The summed E-state index contributed by atoms with van der Waals surface area (Å²) in [5.41, 5.74) is 2.55. The van der Waals surface area contributed by atoms with Crippen LogP contribution < -0.4 is 0 Å². The van der Waals surface area contributed by atoms with Crippen molar-refractivity contribution in [1.82, 2.24) is 9.38 Å². The first-order valence-electron chi connectivity index (χ1n) is 6.03. The van der Waals surface area contributed by atoms with Crippen molar-refractivity contribution in [3.05, 3.63) is 21.4 Å². The van der Waals surface area contributed by atoms with Crippen molar-refractivity contribution in [1.29, 1.82) is 0 Å². The Morgan fingerprint density at radius 2 is 2.29 bits per heavy atom. The highest BCUT2D eigenvalue weighted by Crippen LogP contribution is 2.34. The molecule has 0 aliphatic carbocycles. The van der Waals surface area contributed by atoms with Crippen molar-refractivity contribution in [2.24, 2.45) is 0 Å². The van der Waals surface area contributed by atoms with E-state index < -0.39 is 0 Å². The van der Waals surface area contributed by atoms with Crippen LogP contribution in [0.25, 0.3) is 4.96 Å². The molecule has 1 aliphatic rings. The third-order valence-electron chi connectivity index (χ3n) is 3.37. The van der Waals surface area contributed by atoms with E-state index in [-0.39, 0.29) is 0 Å². The molecule has 1 saturated heterocycles. The highest BCUT2D eigenvalue weighted by Gasteiger charge is 2.23. The predicted octanol–water partition coefficient (Wildman–Crippen LogP) is 3.61. The lowest BCUT2D eigenvalue weighted by atomic mass is 9.97. The van der Waals surface area contributed by atoms with Crippen LogP contribution in [0.2, 0.25) is 0 Å². The number of aryl methyl sites for hydroxylation is 1. The first-order valence-corrected chi connectivity index (χ1v) is 7.70. The summed E-state index contributed by atoms with van der Waals surface area (Å²) in [7, 11) is 0. The SMILES string of the molecule is CCc1csc2nc(C3CCOCC3)c(Br)n12. The zero-order chi connectivity index (χ0) is 11.8. The van der Waals surface area contributed by atoms with E-state index in [1.54, 1.807) is 11.3 Å². The fourth-order valence-electron chi connectivity index (χ4n) is 2.37. The Labute approximate surface area is 113 Å². The van der Waals surface area contributed by atoms with Crippen molar-refractivity contribution < 1.29 is 4.74 Å². The first kappa shape index (κ1) is 11.7. The Morgan fingerprint density at radius 3 is 3.00 bits per heavy atom. The number of hydrogen-bond acceptors (Lipinski definition) is 3. The number of hydrogen-bond donors (Lipinski definition) is 0. The molecule has 0 unspecified atom stereocenters. The Bertz CT molecular complexity index is 528. The quantitative estimate of drug-likeness (QED) is 0.846. The number of imidazole rings is 1. The van der Waals surface area contributed by atoms with Gasteiger partial charge in [-0.2, -0.15) is 0 Å². The average Bonchev–Trinajstić information content (AvgIpc) is 2.91. The second-order valence-electron chi connectivity index (χ2n) is 4.37. The summed E-state index contributed by atoms with van der Waals surface area (Å²) in [5.74, 6) is 0.551. The van der Waals surface area contributed by atoms with Crippen molar-refractivity contribution in [3.8, 4) is 0 Å². The van der Waals surface area contributed by atoms with Crippen LogP contribution in [-0.4, -0.2) is 22.6 Å². The maximum absolute atomic E-state index is 5.41. The van der Waals surface area contributed by atoms with Crippen LogP contribution in [0.5, 0.6) is 0 Å². The van der Waals surface area contributed by atoms with Gasteiger partial charge in [0.1, 0.15) is 4.60 Å². The Morgan fingerprint density at radius 1 is 1.53 bits per heavy atom. The zero-order valence-corrected chi connectivity index (χ0v) is 12.2. The molecule has 0 aromatic carbocycles. The third-order valence-corrected chi connectivity index (χ3v) is 5.01. The number of thiazole rings is 1.